The van der Waals surface area contributed by atoms with Crippen molar-refractivity contribution in [3.63, 3.8) is 0 Å². The van der Waals surface area contributed by atoms with Gasteiger partial charge in [0, 0.05) is 18.6 Å². The molecule has 0 saturated heterocycles. The van der Waals surface area contributed by atoms with Crippen LogP contribution in [0, 0.1) is 5.92 Å². The Kier molecular flexibility index (Phi) is 6.73. The van der Waals surface area contributed by atoms with Crippen LogP contribution in [0.15, 0.2) is 0 Å². The minimum Gasteiger partial charge on any atom is -0.480 e. The molecule has 0 aliphatic heterocycles. The molecule has 0 saturated carbocycles. The molecule has 0 aliphatic carbocycles. The average molecular weight is 258 g/mol. The Morgan fingerprint density at radius 1 is 0.944 bits per heavy atom. The first-order valence-electron chi connectivity index (χ1n) is 6.45. The maximum absolute atomic E-state index is 12.4. The van der Waals surface area contributed by atoms with Gasteiger partial charge in [0.25, 0.3) is 0 Å². The van der Waals surface area contributed by atoms with E-state index in [0.29, 0.717) is 12.5 Å². The number of carbonyl (C=O) groups is 2. The lowest BCUT2D eigenvalue weighted by molar-refractivity contribution is -0.138. The van der Waals surface area contributed by atoms with Gasteiger partial charge in [-0.3, -0.25) is 4.79 Å². The van der Waals surface area contributed by atoms with Crippen LogP contribution < -0.4 is 0 Å². The fourth-order valence-corrected chi connectivity index (χ4v) is 1.68. The number of nitrogens with zero attached hydrogens (tertiary/aromatic N) is 2. The standard InChI is InChI=1S/C13H26N2O3/c1-9(2)7-14(10(3)4)13(18)15(11(5)6)8-12(16)17/h9-11H,7-8H2,1-6H3,(H,16,17). The van der Waals surface area contributed by atoms with Crippen LogP contribution in [-0.2, 0) is 4.79 Å². The highest BCUT2D eigenvalue weighted by Gasteiger charge is 2.27. The summed E-state index contributed by atoms with van der Waals surface area (Å²) >= 11 is 0. The van der Waals surface area contributed by atoms with Crippen LogP contribution in [0.5, 0.6) is 0 Å². The number of carboxylic acid groups (broad SMARTS) is 1. The van der Waals surface area contributed by atoms with Crippen LogP contribution in [0.1, 0.15) is 41.5 Å². The van der Waals surface area contributed by atoms with Crippen molar-refractivity contribution in [2.75, 3.05) is 13.1 Å². The van der Waals surface area contributed by atoms with Crippen LogP contribution >= 0.6 is 0 Å². The van der Waals surface area contributed by atoms with Gasteiger partial charge in [-0.1, -0.05) is 13.8 Å². The molecule has 0 aromatic heterocycles. The fourth-order valence-electron chi connectivity index (χ4n) is 1.68. The highest BCUT2D eigenvalue weighted by Crippen LogP contribution is 2.11. The van der Waals surface area contributed by atoms with Crippen LogP contribution in [0.3, 0.4) is 0 Å². The summed E-state index contributed by atoms with van der Waals surface area (Å²) in [7, 11) is 0. The van der Waals surface area contributed by atoms with Crippen LogP contribution in [0.4, 0.5) is 4.79 Å². The smallest absolute Gasteiger partial charge is 0.323 e. The summed E-state index contributed by atoms with van der Waals surface area (Å²) in [5.74, 6) is -0.625. The number of hydrogen-bond acceptors (Lipinski definition) is 2. The third kappa shape index (κ3) is 5.38. The Morgan fingerprint density at radius 3 is 1.67 bits per heavy atom. The monoisotopic (exact) mass is 258 g/mol. The van der Waals surface area contributed by atoms with E-state index in [1.807, 2.05) is 41.5 Å². The zero-order chi connectivity index (χ0) is 14.5. The number of carboxylic acids is 1. The minimum atomic E-state index is -0.981. The lowest BCUT2D eigenvalue weighted by Gasteiger charge is -2.35. The molecule has 0 spiro atoms. The highest BCUT2D eigenvalue weighted by atomic mass is 16.4. The molecule has 2 amide bonds. The number of carbonyl (C=O) groups excluding carboxylic acids is 1. The molecule has 0 unspecified atom stereocenters. The van der Waals surface area contributed by atoms with E-state index in [-0.39, 0.29) is 24.7 Å². The summed E-state index contributed by atoms with van der Waals surface area (Å²) in [5, 5.41) is 8.87. The molecule has 5 nitrogen and oxygen atoms in total. The summed E-state index contributed by atoms with van der Waals surface area (Å²) in [6.45, 7) is 12.0. The predicted octanol–water partition coefficient (Wildman–Crippen LogP) is 2.27. The second kappa shape index (κ2) is 7.24. The molecule has 18 heavy (non-hydrogen) atoms. The molecule has 0 radical (unpaired) electrons. The van der Waals surface area contributed by atoms with Gasteiger partial charge in [0.2, 0.25) is 0 Å². The van der Waals surface area contributed by atoms with Crippen molar-refractivity contribution in [1.82, 2.24) is 9.80 Å². The molecule has 0 aromatic rings. The quantitative estimate of drug-likeness (QED) is 0.795. The Labute approximate surface area is 110 Å². The van der Waals surface area contributed by atoms with Crippen molar-refractivity contribution in [3.8, 4) is 0 Å². The second-order valence-electron chi connectivity index (χ2n) is 5.54. The molecular weight excluding hydrogens is 232 g/mol. The van der Waals surface area contributed by atoms with Crippen molar-refractivity contribution in [2.24, 2.45) is 5.92 Å². The summed E-state index contributed by atoms with van der Waals surface area (Å²) in [4.78, 5) is 26.3. The van der Waals surface area contributed by atoms with Gasteiger partial charge in [-0.25, -0.2) is 4.79 Å². The fraction of sp³-hybridized carbons (Fsp3) is 0.846. The van der Waals surface area contributed by atoms with Gasteiger partial charge in [-0.2, -0.15) is 0 Å². The first kappa shape index (κ1) is 16.7. The van der Waals surface area contributed by atoms with Gasteiger partial charge >= 0.3 is 12.0 Å². The third-order valence-electron chi connectivity index (χ3n) is 2.61. The van der Waals surface area contributed by atoms with E-state index in [0.717, 1.165) is 0 Å². The highest BCUT2D eigenvalue weighted by molar-refractivity contribution is 5.80. The lowest BCUT2D eigenvalue weighted by Crippen LogP contribution is -2.51. The Balaban J connectivity index is 4.94. The number of amides is 2. The summed E-state index contributed by atoms with van der Waals surface area (Å²) in [5.41, 5.74) is 0. The van der Waals surface area contributed by atoms with E-state index in [2.05, 4.69) is 0 Å². The second-order valence-corrected chi connectivity index (χ2v) is 5.54. The van der Waals surface area contributed by atoms with E-state index in [1.54, 1.807) is 4.90 Å². The molecule has 0 fully saturated rings. The number of aliphatic carboxylic acids is 1. The van der Waals surface area contributed by atoms with Gasteiger partial charge in [0.15, 0.2) is 0 Å². The topological polar surface area (TPSA) is 60.9 Å². The van der Waals surface area contributed by atoms with Gasteiger partial charge in [-0.05, 0) is 33.6 Å². The molecule has 0 bridgehead atoms. The first-order valence-corrected chi connectivity index (χ1v) is 6.45. The maximum atomic E-state index is 12.4. The number of rotatable bonds is 6. The van der Waals surface area contributed by atoms with E-state index < -0.39 is 5.97 Å². The molecule has 0 rings (SSSR count). The minimum absolute atomic E-state index is 0.0648. The van der Waals surface area contributed by atoms with E-state index in [9.17, 15) is 9.59 Å². The molecule has 5 heteroatoms. The van der Waals surface area contributed by atoms with Crippen LogP contribution in [-0.4, -0.2) is 52.1 Å². The predicted molar refractivity (Wildman–Crippen MR) is 71.6 cm³/mol. The molecule has 0 aliphatic rings. The lowest BCUT2D eigenvalue weighted by atomic mass is 10.2. The molecule has 1 N–H and O–H groups in total. The van der Waals surface area contributed by atoms with Crippen LogP contribution in [0.2, 0.25) is 0 Å². The summed E-state index contributed by atoms with van der Waals surface area (Å²) < 4.78 is 0. The normalized spacial score (nSPS) is 11.2. The van der Waals surface area contributed by atoms with E-state index in [1.165, 1.54) is 4.90 Å². The van der Waals surface area contributed by atoms with Gasteiger partial charge in [0.05, 0.1) is 0 Å². The summed E-state index contributed by atoms with van der Waals surface area (Å²) in [6.07, 6.45) is 0. The molecule has 0 atom stereocenters. The molecule has 106 valence electrons. The van der Waals surface area contributed by atoms with Crippen molar-refractivity contribution in [2.45, 2.75) is 53.6 Å². The van der Waals surface area contributed by atoms with Crippen molar-refractivity contribution < 1.29 is 14.7 Å². The largest absolute Gasteiger partial charge is 0.480 e. The molecule has 0 aromatic carbocycles. The maximum Gasteiger partial charge on any atom is 0.323 e. The van der Waals surface area contributed by atoms with Gasteiger partial charge in [-0.15, -0.1) is 0 Å². The Morgan fingerprint density at radius 2 is 1.39 bits per heavy atom. The van der Waals surface area contributed by atoms with Gasteiger partial charge in [0.1, 0.15) is 6.54 Å². The third-order valence-corrected chi connectivity index (χ3v) is 2.61. The molecule has 0 heterocycles. The SMILES string of the molecule is CC(C)CN(C(=O)N(CC(=O)O)C(C)C)C(C)C. The van der Waals surface area contributed by atoms with Crippen molar-refractivity contribution >= 4 is 12.0 Å². The molecular formula is C13H26N2O3. The average Bonchev–Trinajstić information content (AvgIpc) is 2.20. The summed E-state index contributed by atoms with van der Waals surface area (Å²) in [6, 6.07) is -0.256. The Hall–Kier alpha value is -1.26. The number of urea groups is 1. The zero-order valence-corrected chi connectivity index (χ0v) is 12.3. The first-order chi connectivity index (χ1) is 8.16. The van der Waals surface area contributed by atoms with Gasteiger partial charge < -0.3 is 14.9 Å². The number of hydrogen-bond donors (Lipinski definition) is 1. The van der Waals surface area contributed by atoms with Crippen molar-refractivity contribution in [3.05, 3.63) is 0 Å². The van der Waals surface area contributed by atoms with E-state index >= 15 is 0 Å². The van der Waals surface area contributed by atoms with Crippen LogP contribution in [0.25, 0.3) is 0 Å². The van der Waals surface area contributed by atoms with Crippen molar-refractivity contribution in [1.29, 1.82) is 0 Å². The van der Waals surface area contributed by atoms with E-state index in [4.69, 9.17) is 5.11 Å². The Bertz CT molecular complexity index is 288. The zero-order valence-electron chi connectivity index (χ0n) is 12.3.